The summed E-state index contributed by atoms with van der Waals surface area (Å²) in [7, 11) is 5.68. The number of nitrogens with two attached hydrogens (primary N) is 1. The summed E-state index contributed by atoms with van der Waals surface area (Å²) in [6.07, 6.45) is 1.65. The largest absolute Gasteiger partial charge is 0.496 e. The Kier molecular flexibility index (Phi) is 5.60. The molecule has 0 bridgehead atoms. The molecule has 0 saturated carbocycles. The second-order valence-corrected chi connectivity index (χ2v) is 6.21. The first-order valence-corrected chi connectivity index (χ1v) is 7.77. The highest BCUT2D eigenvalue weighted by Gasteiger charge is 2.25. The van der Waals surface area contributed by atoms with Crippen LogP contribution in [0.25, 0.3) is 0 Å². The van der Waals surface area contributed by atoms with E-state index < -0.39 is 0 Å². The van der Waals surface area contributed by atoms with Crippen molar-refractivity contribution in [3.63, 3.8) is 0 Å². The molecule has 3 N–H and O–H groups in total. The number of halogens is 1. The number of methoxy groups -OCH3 is 1. The predicted octanol–water partition coefficient (Wildman–Crippen LogP) is 1.72. The third-order valence-corrected chi connectivity index (χ3v) is 4.43. The Morgan fingerprint density at radius 1 is 1.57 bits per heavy atom. The van der Waals surface area contributed by atoms with Crippen LogP contribution in [-0.4, -0.2) is 42.4 Å². The summed E-state index contributed by atoms with van der Waals surface area (Å²) in [6, 6.07) is 1.66. The smallest absolute Gasteiger partial charge is 0.134 e. The molecule has 8 heteroatoms. The van der Waals surface area contributed by atoms with E-state index in [0.29, 0.717) is 5.02 Å². The van der Waals surface area contributed by atoms with Gasteiger partial charge in [0.15, 0.2) is 0 Å². The quantitative estimate of drug-likeness (QED) is 0.598. The van der Waals surface area contributed by atoms with Crippen LogP contribution in [0, 0.1) is 0 Å². The van der Waals surface area contributed by atoms with Gasteiger partial charge in [0, 0.05) is 6.54 Å². The first-order valence-electron chi connectivity index (χ1n) is 6.52. The van der Waals surface area contributed by atoms with E-state index >= 15 is 0 Å². The number of likely N-dealkylation sites (N-methyl/N-ethyl adjacent to an activating group) is 1. The van der Waals surface area contributed by atoms with Gasteiger partial charge in [-0.1, -0.05) is 11.6 Å². The van der Waals surface area contributed by atoms with Crippen molar-refractivity contribution in [1.29, 1.82) is 0 Å². The zero-order chi connectivity index (χ0) is 15.4. The number of hydrogen-bond acceptors (Lipinski definition) is 6. The standard InChI is InChI=1S/C13H20ClN5OS/c1-18(2)5-6-19-12(9(14)8-16-19)11(17-15)13-10(20-3)4-7-21-13/h4,7-8,11,17H,5-6,15H2,1-3H3. The lowest BCUT2D eigenvalue weighted by Crippen LogP contribution is -2.31. The Hall–Kier alpha value is -1.12. The maximum absolute atomic E-state index is 6.32. The van der Waals surface area contributed by atoms with Crippen molar-refractivity contribution in [3.05, 3.63) is 33.2 Å². The molecule has 6 nitrogen and oxygen atoms in total. The van der Waals surface area contributed by atoms with Gasteiger partial charge in [0.2, 0.25) is 0 Å². The monoisotopic (exact) mass is 329 g/mol. The van der Waals surface area contributed by atoms with Crippen molar-refractivity contribution in [2.75, 3.05) is 27.7 Å². The van der Waals surface area contributed by atoms with Crippen LogP contribution >= 0.6 is 22.9 Å². The zero-order valence-electron chi connectivity index (χ0n) is 12.3. The number of aromatic nitrogens is 2. The molecule has 0 radical (unpaired) electrons. The zero-order valence-corrected chi connectivity index (χ0v) is 13.9. The lowest BCUT2D eigenvalue weighted by atomic mass is 10.1. The molecule has 1 atom stereocenters. The molecule has 21 heavy (non-hydrogen) atoms. The summed E-state index contributed by atoms with van der Waals surface area (Å²) in [5.74, 6) is 6.55. The molecule has 0 aromatic carbocycles. The fraction of sp³-hybridized carbons (Fsp3) is 0.462. The van der Waals surface area contributed by atoms with E-state index in [0.717, 1.165) is 29.4 Å². The van der Waals surface area contributed by atoms with Crippen molar-refractivity contribution < 1.29 is 4.74 Å². The van der Waals surface area contributed by atoms with Crippen molar-refractivity contribution in [2.45, 2.75) is 12.6 Å². The Bertz CT molecular complexity index is 583. The Morgan fingerprint density at radius 2 is 2.33 bits per heavy atom. The lowest BCUT2D eigenvalue weighted by molar-refractivity contribution is 0.364. The van der Waals surface area contributed by atoms with Crippen LogP contribution in [0.1, 0.15) is 16.6 Å². The van der Waals surface area contributed by atoms with E-state index in [9.17, 15) is 0 Å². The molecular weight excluding hydrogens is 310 g/mol. The maximum Gasteiger partial charge on any atom is 0.134 e. The normalized spacial score (nSPS) is 12.9. The van der Waals surface area contributed by atoms with Crippen molar-refractivity contribution >= 4 is 22.9 Å². The van der Waals surface area contributed by atoms with Crippen molar-refractivity contribution in [2.24, 2.45) is 5.84 Å². The SMILES string of the molecule is COc1ccsc1C(NN)c1c(Cl)cnn1CCN(C)C. The van der Waals surface area contributed by atoms with E-state index in [-0.39, 0.29) is 6.04 Å². The van der Waals surface area contributed by atoms with Gasteiger partial charge in [-0.05, 0) is 25.5 Å². The van der Waals surface area contributed by atoms with Crippen molar-refractivity contribution in [3.8, 4) is 5.75 Å². The highest BCUT2D eigenvalue weighted by Crippen LogP contribution is 2.36. The van der Waals surface area contributed by atoms with Gasteiger partial charge < -0.3 is 9.64 Å². The average molecular weight is 330 g/mol. The Labute approximate surface area is 133 Å². The molecule has 0 spiro atoms. The van der Waals surface area contributed by atoms with E-state index in [2.05, 4.69) is 15.4 Å². The minimum absolute atomic E-state index is 0.253. The molecule has 2 aromatic heterocycles. The van der Waals surface area contributed by atoms with Gasteiger partial charge in [-0.25, -0.2) is 5.43 Å². The summed E-state index contributed by atoms with van der Waals surface area (Å²) in [5, 5.41) is 6.90. The number of ether oxygens (including phenoxy) is 1. The maximum atomic E-state index is 6.32. The van der Waals surface area contributed by atoms with Crippen molar-refractivity contribution in [1.82, 2.24) is 20.1 Å². The van der Waals surface area contributed by atoms with Gasteiger partial charge in [0.1, 0.15) is 11.8 Å². The number of hydrogen-bond donors (Lipinski definition) is 2. The third kappa shape index (κ3) is 3.56. The Morgan fingerprint density at radius 3 is 2.95 bits per heavy atom. The van der Waals surface area contributed by atoms with Gasteiger partial charge in [-0.15, -0.1) is 11.3 Å². The van der Waals surface area contributed by atoms with Crippen LogP contribution in [0.15, 0.2) is 17.6 Å². The minimum Gasteiger partial charge on any atom is -0.496 e. The van der Waals surface area contributed by atoms with Gasteiger partial charge in [0.05, 0.1) is 35.4 Å². The van der Waals surface area contributed by atoms with E-state index in [4.69, 9.17) is 22.2 Å². The summed E-state index contributed by atoms with van der Waals surface area (Å²) in [5.41, 5.74) is 3.67. The molecule has 0 aliphatic heterocycles. The molecule has 1 unspecified atom stereocenters. The highest BCUT2D eigenvalue weighted by atomic mass is 35.5. The highest BCUT2D eigenvalue weighted by molar-refractivity contribution is 7.10. The predicted molar refractivity (Wildman–Crippen MR) is 85.8 cm³/mol. The van der Waals surface area contributed by atoms with E-state index in [1.807, 2.05) is 30.2 Å². The van der Waals surface area contributed by atoms with Crippen LogP contribution in [0.5, 0.6) is 5.75 Å². The van der Waals surface area contributed by atoms with E-state index in [1.165, 1.54) is 0 Å². The molecule has 2 heterocycles. The summed E-state index contributed by atoms with van der Waals surface area (Å²) in [4.78, 5) is 3.07. The van der Waals surface area contributed by atoms with Crippen LogP contribution in [0.4, 0.5) is 0 Å². The van der Waals surface area contributed by atoms with Crippen LogP contribution < -0.4 is 16.0 Å². The fourth-order valence-corrected chi connectivity index (χ4v) is 3.27. The van der Waals surface area contributed by atoms with Crippen LogP contribution in [-0.2, 0) is 6.54 Å². The lowest BCUT2D eigenvalue weighted by Gasteiger charge is -2.19. The number of thiophene rings is 1. The van der Waals surface area contributed by atoms with Gasteiger partial charge >= 0.3 is 0 Å². The summed E-state index contributed by atoms with van der Waals surface area (Å²) < 4.78 is 7.26. The number of hydrazine groups is 1. The summed E-state index contributed by atoms with van der Waals surface area (Å²) >= 11 is 7.89. The molecule has 0 saturated heterocycles. The van der Waals surface area contributed by atoms with Gasteiger partial charge in [0.25, 0.3) is 0 Å². The van der Waals surface area contributed by atoms with E-state index in [1.54, 1.807) is 24.6 Å². The Balaban J connectivity index is 2.36. The molecule has 2 rings (SSSR count). The van der Waals surface area contributed by atoms with Crippen LogP contribution in [0.3, 0.4) is 0 Å². The molecular formula is C13H20ClN5OS. The van der Waals surface area contributed by atoms with Gasteiger partial charge in [-0.3, -0.25) is 10.5 Å². The second kappa shape index (κ2) is 7.24. The minimum atomic E-state index is -0.253. The topological polar surface area (TPSA) is 68.3 Å². The molecule has 116 valence electrons. The first-order chi connectivity index (χ1) is 10.1. The third-order valence-electron chi connectivity index (χ3n) is 3.17. The fourth-order valence-electron chi connectivity index (χ4n) is 2.10. The molecule has 0 aliphatic carbocycles. The summed E-state index contributed by atoms with van der Waals surface area (Å²) in [6.45, 7) is 1.60. The number of nitrogens with zero attached hydrogens (tertiary/aromatic N) is 3. The number of rotatable bonds is 7. The van der Waals surface area contributed by atoms with Crippen LogP contribution in [0.2, 0.25) is 5.02 Å². The first kappa shape index (κ1) is 16.3. The number of nitrogens with one attached hydrogen (secondary N) is 1. The second-order valence-electron chi connectivity index (χ2n) is 4.86. The molecule has 0 amide bonds. The molecule has 0 aliphatic rings. The molecule has 0 fully saturated rings. The molecule has 2 aromatic rings. The average Bonchev–Trinajstić information content (AvgIpc) is 3.06. The van der Waals surface area contributed by atoms with Gasteiger partial charge in [-0.2, -0.15) is 5.10 Å².